The molecule has 0 bridgehead atoms. The van der Waals surface area contributed by atoms with E-state index in [1.807, 2.05) is 13.0 Å². The zero-order chi connectivity index (χ0) is 11.4. The summed E-state index contributed by atoms with van der Waals surface area (Å²) in [5.41, 5.74) is 8.79. The van der Waals surface area contributed by atoms with E-state index in [9.17, 15) is 4.79 Å². The lowest BCUT2D eigenvalue weighted by Crippen LogP contribution is -2.15. The van der Waals surface area contributed by atoms with Crippen LogP contribution < -0.4 is 11.1 Å². The summed E-state index contributed by atoms with van der Waals surface area (Å²) < 4.78 is 0. The molecule has 0 saturated heterocycles. The SMILES string of the molecule is Cc1nc(N)cc(C(C)C)c1CNC=O. The molecule has 1 amide bonds. The third-order valence-corrected chi connectivity index (χ3v) is 2.37. The Morgan fingerprint density at radius 1 is 1.60 bits per heavy atom. The lowest BCUT2D eigenvalue weighted by atomic mass is 9.96. The van der Waals surface area contributed by atoms with E-state index in [1.54, 1.807) is 0 Å². The first-order valence-corrected chi connectivity index (χ1v) is 4.99. The number of carbonyl (C=O) groups is 1. The molecule has 0 radical (unpaired) electrons. The molecule has 4 heteroatoms. The second-order valence-electron chi connectivity index (χ2n) is 3.85. The summed E-state index contributed by atoms with van der Waals surface area (Å²) in [6.07, 6.45) is 0.694. The van der Waals surface area contributed by atoms with Gasteiger partial charge in [0.2, 0.25) is 6.41 Å². The number of aryl methyl sites for hydroxylation is 1. The maximum absolute atomic E-state index is 10.3. The van der Waals surface area contributed by atoms with Crippen LogP contribution in [0.4, 0.5) is 5.82 Å². The number of aromatic nitrogens is 1. The van der Waals surface area contributed by atoms with Crippen molar-refractivity contribution in [2.45, 2.75) is 33.2 Å². The molecule has 0 saturated carbocycles. The summed E-state index contributed by atoms with van der Waals surface area (Å²) in [6, 6.07) is 1.87. The van der Waals surface area contributed by atoms with Crippen LogP contribution in [0.2, 0.25) is 0 Å². The lowest BCUT2D eigenvalue weighted by Gasteiger charge is -2.15. The van der Waals surface area contributed by atoms with Crippen LogP contribution in [0, 0.1) is 6.92 Å². The Labute approximate surface area is 89.9 Å². The number of pyridine rings is 1. The number of anilines is 1. The van der Waals surface area contributed by atoms with Crippen molar-refractivity contribution in [1.29, 1.82) is 0 Å². The Balaban J connectivity index is 3.14. The fraction of sp³-hybridized carbons (Fsp3) is 0.455. The van der Waals surface area contributed by atoms with Crippen LogP contribution >= 0.6 is 0 Å². The maximum Gasteiger partial charge on any atom is 0.207 e. The van der Waals surface area contributed by atoms with Gasteiger partial charge in [-0.2, -0.15) is 0 Å². The van der Waals surface area contributed by atoms with Crippen molar-refractivity contribution >= 4 is 12.2 Å². The van der Waals surface area contributed by atoms with Gasteiger partial charge in [-0.25, -0.2) is 4.98 Å². The van der Waals surface area contributed by atoms with Crippen LogP contribution in [0.5, 0.6) is 0 Å². The van der Waals surface area contributed by atoms with E-state index in [1.165, 1.54) is 0 Å². The number of rotatable bonds is 4. The Bertz CT molecular complexity index is 361. The molecule has 1 rings (SSSR count). The Morgan fingerprint density at radius 3 is 2.80 bits per heavy atom. The molecule has 1 aromatic heterocycles. The number of nitrogens with one attached hydrogen (secondary N) is 1. The molecule has 1 heterocycles. The van der Waals surface area contributed by atoms with Gasteiger partial charge in [0.25, 0.3) is 0 Å². The average molecular weight is 207 g/mol. The Hall–Kier alpha value is -1.58. The van der Waals surface area contributed by atoms with E-state index in [2.05, 4.69) is 24.1 Å². The van der Waals surface area contributed by atoms with Gasteiger partial charge in [0, 0.05) is 12.2 Å². The van der Waals surface area contributed by atoms with Gasteiger partial charge in [-0.05, 0) is 30.0 Å². The van der Waals surface area contributed by atoms with Crippen molar-refractivity contribution in [3.63, 3.8) is 0 Å². The van der Waals surface area contributed by atoms with Gasteiger partial charge in [-0.1, -0.05) is 13.8 Å². The van der Waals surface area contributed by atoms with Crippen molar-refractivity contribution in [3.05, 3.63) is 22.9 Å². The summed E-state index contributed by atoms with van der Waals surface area (Å²) in [5.74, 6) is 0.906. The predicted molar refractivity (Wildman–Crippen MR) is 60.4 cm³/mol. The van der Waals surface area contributed by atoms with Crippen molar-refractivity contribution < 1.29 is 4.79 Å². The quantitative estimate of drug-likeness (QED) is 0.732. The van der Waals surface area contributed by atoms with E-state index >= 15 is 0 Å². The maximum atomic E-state index is 10.3. The van der Waals surface area contributed by atoms with Crippen molar-refractivity contribution in [2.75, 3.05) is 5.73 Å². The fourth-order valence-corrected chi connectivity index (χ4v) is 1.64. The number of hydrogen-bond acceptors (Lipinski definition) is 3. The minimum absolute atomic E-state index is 0.373. The number of hydrogen-bond donors (Lipinski definition) is 2. The number of nitrogens with two attached hydrogens (primary N) is 1. The molecule has 1 aromatic rings. The highest BCUT2D eigenvalue weighted by Crippen LogP contribution is 2.23. The number of carbonyl (C=O) groups excluding carboxylic acids is 1. The number of nitrogen functional groups attached to an aromatic ring is 1. The predicted octanol–water partition coefficient (Wildman–Crippen LogP) is 1.34. The number of nitrogens with zero attached hydrogens (tertiary/aromatic N) is 1. The van der Waals surface area contributed by atoms with Gasteiger partial charge < -0.3 is 11.1 Å². The molecule has 0 spiro atoms. The molecular formula is C11H17N3O. The first-order chi connectivity index (χ1) is 7.06. The summed E-state index contributed by atoms with van der Waals surface area (Å²) in [6.45, 7) is 6.61. The molecule has 4 nitrogen and oxygen atoms in total. The first kappa shape index (κ1) is 11.5. The molecule has 0 unspecified atom stereocenters. The molecule has 0 atom stereocenters. The molecule has 0 aromatic carbocycles. The molecule has 0 aliphatic rings. The second-order valence-corrected chi connectivity index (χ2v) is 3.85. The monoisotopic (exact) mass is 207 g/mol. The number of amides is 1. The van der Waals surface area contributed by atoms with Crippen LogP contribution in [-0.2, 0) is 11.3 Å². The summed E-state index contributed by atoms with van der Waals surface area (Å²) in [5, 5.41) is 2.66. The molecule has 0 aliphatic heterocycles. The van der Waals surface area contributed by atoms with E-state index in [0.717, 1.165) is 16.8 Å². The zero-order valence-corrected chi connectivity index (χ0v) is 9.37. The highest BCUT2D eigenvalue weighted by Gasteiger charge is 2.11. The van der Waals surface area contributed by atoms with Gasteiger partial charge in [-0.15, -0.1) is 0 Å². The van der Waals surface area contributed by atoms with Crippen LogP contribution in [0.25, 0.3) is 0 Å². The van der Waals surface area contributed by atoms with Crippen molar-refractivity contribution in [3.8, 4) is 0 Å². The lowest BCUT2D eigenvalue weighted by molar-refractivity contribution is -0.109. The highest BCUT2D eigenvalue weighted by atomic mass is 16.1. The zero-order valence-electron chi connectivity index (χ0n) is 9.37. The molecule has 15 heavy (non-hydrogen) atoms. The normalized spacial score (nSPS) is 10.4. The molecule has 3 N–H and O–H groups in total. The summed E-state index contributed by atoms with van der Waals surface area (Å²) in [4.78, 5) is 14.5. The van der Waals surface area contributed by atoms with Crippen LogP contribution in [-0.4, -0.2) is 11.4 Å². The second kappa shape index (κ2) is 4.77. The Kier molecular flexibility index (Phi) is 3.66. The first-order valence-electron chi connectivity index (χ1n) is 4.99. The van der Waals surface area contributed by atoms with E-state index in [0.29, 0.717) is 24.7 Å². The van der Waals surface area contributed by atoms with Gasteiger partial charge in [0.1, 0.15) is 5.82 Å². The topological polar surface area (TPSA) is 68.0 Å². The molecule has 82 valence electrons. The summed E-state index contributed by atoms with van der Waals surface area (Å²) in [7, 11) is 0. The third kappa shape index (κ3) is 2.68. The standard InChI is InChI=1S/C11H17N3O/c1-7(2)9-4-11(12)14-8(3)10(9)5-13-6-15/h4,6-7H,5H2,1-3H3,(H2,12,14)(H,13,15). The minimum atomic E-state index is 0.373. The van der Waals surface area contributed by atoms with E-state index in [-0.39, 0.29) is 0 Å². The fourth-order valence-electron chi connectivity index (χ4n) is 1.64. The summed E-state index contributed by atoms with van der Waals surface area (Å²) >= 11 is 0. The van der Waals surface area contributed by atoms with Gasteiger partial charge in [0.05, 0.1) is 0 Å². The Morgan fingerprint density at radius 2 is 2.27 bits per heavy atom. The van der Waals surface area contributed by atoms with Crippen molar-refractivity contribution in [2.24, 2.45) is 0 Å². The van der Waals surface area contributed by atoms with Gasteiger partial charge in [0.15, 0.2) is 0 Å². The van der Waals surface area contributed by atoms with Crippen LogP contribution in [0.1, 0.15) is 36.6 Å². The third-order valence-electron chi connectivity index (χ3n) is 2.37. The van der Waals surface area contributed by atoms with Gasteiger partial charge in [-0.3, -0.25) is 4.79 Å². The smallest absolute Gasteiger partial charge is 0.207 e. The van der Waals surface area contributed by atoms with Gasteiger partial charge >= 0.3 is 0 Å². The highest BCUT2D eigenvalue weighted by molar-refractivity contribution is 5.48. The van der Waals surface area contributed by atoms with Crippen LogP contribution in [0.15, 0.2) is 6.07 Å². The average Bonchev–Trinajstić information content (AvgIpc) is 2.15. The van der Waals surface area contributed by atoms with Crippen molar-refractivity contribution in [1.82, 2.24) is 10.3 Å². The van der Waals surface area contributed by atoms with E-state index < -0.39 is 0 Å². The molecule has 0 fully saturated rings. The minimum Gasteiger partial charge on any atom is -0.384 e. The van der Waals surface area contributed by atoms with Crippen LogP contribution in [0.3, 0.4) is 0 Å². The van der Waals surface area contributed by atoms with E-state index in [4.69, 9.17) is 5.73 Å². The molecular weight excluding hydrogens is 190 g/mol. The molecule has 0 aliphatic carbocycles. The largest absolute Gasteiger partial charge is 0.384 e.